The molecule has 0 aliphatic rings. The highest BCUT2D eigenvalue weighted by molar-refractivity contribution is 7.09. The SMILES string of the molecule is CCOC(C)(C)C(Cc1nc(C(C)(C)C)cs1)NC. The summed E-state index contributed by atoms with van der Waals surface area (Å²) < 4.78 is 5.84. The molecule has 0 amide bonds. The van der Waals surface area contributed by atoms with Crippen LogP contribution in [0.15, 0.2) is 5.38 Å². The van der Waals surface area contributed by atoms with Gasteiger partial charge in [-0.25, -0.2) is 4.98 Å². The quantitative estimate of drug-likeness (QED) is 0.869. The van der Waals surface area contributed by atoms with Crippen molar-refractivity contribution < 1.29 is 4.74 Å². The second kappa shape index (κ2) is 6.33. The summed E-state index contributed by atoms with van der Waals surface area (Å²) >= 11 is 1.75. The van der Waals surface area contributed by atoms with Crippen LogP contribution < -0.4 is 5.32 Å². The van der Waals surface area contributed by atoms with Gasteiger partial charge in [-0.15, -0.1) is 11.3 Å². The van der Waals surface area contributed by atoms with Crippen LogP contribution in [-0.2, 0) is 16.6 Å². The van der Waals surface area contributed by atoms with E-state index in [1.807, 2.05) is 14.0 Å². The van der Waals surface area contributed by atoms with Crippen LogP contribution in [-0.4, -0.2) is 30.3 Å². The molecule has 1 N–H and O–H groups in total. The zero-order valence-electron chi connectivity index (χ0n) is 13.3. The predicted molar refractivity (Wildman–Crippen MR) is 83.1 cm³/mol. The van der Waals surface area contributed by atoms with E-state index in [1.54, 1.807) is 11.3 Å². The Morgan fingerprint density at radius 1 is 1.32 bits per heavy atom. The number of ether oxygens (including phenoxy) is 1. The van der Waals surface area contributed by atoms with Crippen molar-refractivity contribution in [1.29, 1.82) is 0 Å². The lowest BCUT2D eigenvalue weighted by molar-refractivity contribution is -0.0363. The molecule has 0 saturated heterocycles. The molecule has 1 aromatic rings. The molecule has 1 heterocycles. The number of rotatable bonds is 6. The Labute approximate surface area is 121 Å². The molecular weight excluding hydrogens is 256 g/mol. The van der Waals surface area contributed by atoms with E-state index in [2.05, 4.69) is 45.3 Å². The second-order valence-electron chi connectivity index (χ2n) is 6.46. The van der Waals surface area contributed by atoms with Gasteiger partial charge in [0.05, 0.1) is 16.3 Å². The molecule has 1 aromatic heterocycles. The third-order valence-corrected chi connectivity index (χ3v) is 4.27. The number of hydrogen-bond acceptors (Lipinski definition) is 4. The number of nitrogens with zero attached hydrogens (tertiary/aromatic N) is 1. The highest BCUT2D eigenvalue weighted by atomic mass is 32.1. The molecule has 0 aliphatic carbocycles. The van der Waals surface area contributed by atoms with Crippen molar-refractivity contribution in [3.05, 3.63) is 16.1 Å². The van der Waals surface area contributed by atoms with Gasteiger partial charge < -0.3 is 10.1 Å². The Kier molecular flexibility index (Phi) is 5.53. The summed E-state index contributed by atoms with van der Waals surface area (Å²) in [4.78, 5) is 4.77. The third kappa shape index (κ3) is 4.55. The van der Waals surface area contributed by atoms with Crippen LogP contribution in [0.4, 0.5) is 0 Å². The van der Waals surface area contributed by atoms with Crippen LogP contribution >= 0.6 is 11.3 Å². The molecule has 0 saturated carbocycles. The van der Waals surface area contributed by atoms with Crippen molar-refractivity contribution in [2.45, 2.75) is 65.0 Å². The number of likely N-dealkylation sites (N-methyl/N-ethyl adjacent to an activating group) is 1. The first kappa shape index (κ1) is 16.6. The zero-order valence-corrected chi connectivity index (χ0v) is 14.1. The molecule has 1 atom stereocenters. The lowest BCUT2D eigenvalue weighted by Crippen LogP contribution is -2.48. The second-order valence-corrected chi connectivity index (χ2v) is 7.40. The highest BCUT2D eigenvalue weighted by Gasteiger charge is 2.30. The first-order chi connectivity index (χ1) is 8.70. The fourth-order valence-electron chi connectivity index (χ4n) is 2.09. The van der Waals surface area contributed by atoms with Gasteiger partial charge in [0.15, 0.2) is 0 Å². The highest BCUT2D eigenvalue weighted by Crippen LogP contribution is 2.26. The van der Waals surface area contributed by atoms with Crippen molar-refractivity contribution in [3.63, 3.8) is 0 Å². The fourth-order valence-corrected chi connectivity index (χ4v) is 3.16. The largest absolute Gasteiger partial charge is 0.374 e. The van der Waals surface area contributed by atoms with Gasteiger partial charge in [0.25, 0.3) is 0 Å². The summed E-state index contributed by atoms with van der Waals surface area (Å²) in [6.45, 7) is 13.6. The molecule has 19 heavy (non-hydrogen) atoms. The van der Waals surface area contributed by atoms with Gasteiger partial charge in [-0.3, -0.25) is 0 Å². The minimum absolute atomic E-state index is 0.124. The van der Waals surface area contributed by atoms with Crippen LogP contribution in [0.5, 0.6) is 0 Å². The minimum Gasteiger partial charge on any atom is -0.374 e. The fraction of sp³-hybridized carbons (Fsp3) is 0.800. The predicted octanol–water partition coefficient (Wildman–Crippen LogP) is 3.39. The summed E-state index contributed by atoms with van der Waals surface area (Å²) in [5.74, 6) is 0. The van der Waals surface area contributed by atoms with Crippen LogP contribution in [0.2, 0.25) is 0 Å². The average Bonchev–Trinajstić information content (AvgIpc) is 2.73. The van der Waals surface area contributed by atoms with Gasteiger partial charge in [-0.1, -0.05) is 20.8 Å². The number of nitrogens with one attached hydrogen (secondary N) is 1. The number of aromatic nitrogens is 1. The Morgan fingerprint density at radius 2 is 1.95 bits per heavy atom. The van der Waals surface area contributed by atoms with Gasteiger partial charge in [-0.2, -0.15) is 0 Å². The summed E-state index contributed by atoms with van der Waals surface area (Å²) in [6.07, 6.45) is 0.907. The van der Waals surface area contributed by atoms with E-state index in [1.165, 1.54) is 10.7 Å². The van der Waals surface area contributed by atoms with Crippen LogP contribution in [0.25, 0.3) is 0 Å². The van der Waals surface area contributed by atoms with E-state index in [0.717, 1.165) is 13.0 Å². The van der Waals surface area contributed by atoms with Crippen molar-refractivity contribution in [1.82, 2.24) is 10.3 Å². The molecule has 0 aromatic carbocycles. The van der Waals surface area contributed by atoms with Gasteiger partial charge in [0.1, 0.15) is 0 Å². The molecule has 0 fully saturated rings. The lowest BCUT2D eigenvalue weighted by Gasteiger charge is -2.33. The van der Waals surface area contributed by atoms with Crippen LogP contribution in [0, 0.1) is 0 Å². The Bertz CT molecular complexity index is 393. The average molecular weight is 284 g/mol. The van der Waals surface area contributed by atoms with E-state index in [9.17, 15) is 0 Å². The van der Waals surface area contributed by atoms with Crippen molar-refractivity contribution >= 4 is 11.3 Å². The van der Waals surface area contributed by atoms with E-state index in [4.69, 9.17) is 9.72 Å². The van der Waals surface area contributed by atoms with Crippen LogP contribution in [0.1, 0.15) is 52.2 Å². The Morgan fingerprint density at radius 3 is 2.37 bits per heavy atom. The monoisotopic (exact) mass is 284 g/mol. The normalized spacial score (nSPS) is 14.7. The van der Waals surface area contributed by atoms with Crippen molar-refractivity contribution in [2.24, 2.45) is 0 Å². The topological polar surface area (TPSA) is 34.1 Å². The smallest absolute Gasteiger partial charge is 0.0945 e. The van der Waals surface area contributed by atoms with Gasteiger partial charge in [0.2, 0.25) is 0 Å². The number of thiazole rings is 1. The minimum atomic E-state index is -0.183. The van der Waals surface area contributed by atoms with Crippen molar-refractivity contribution in [3.8, 4) is 0 Å². The summed E-state index contributed by atoms with van der Waals surface area (Å²) in [5, 5.41) is 6.72. The molecule has 0 bridgehead atoms. The van der Waals surface area contributed by atoms with E-state index in [0.29, 0.717) is 0 Å². The van der Waals surface area contributed by atoms with E-state index < -0.39 is 0 Å². The van der Waals surface area contributed by atoms with E-state index in [-0.39, 0.29) is 17.1 Å². The molecule has 3 nitrogen and oxygen atoms in total. The molecule has 1 unspecified atom stereocenters. The van der Waals surface area contributed by atoms with Gasteiger partial charge in [-0.05, 0) is 27.8 Å². The summed E-state index contributed by atoms with van der Waals surface area (Å²) in [5.41, 5.74) is 1.12. The van der Waals surface area contributed by atoms with Crippen molar-refractivity contribution in [2.75, 3.05) is 13.7 Å². The van der Waals surface area contributed by atoms with Gasteiger partial charge >= 0.3 is 0 Å². The molecule has 0 aliphatic heterocycles. The van der Waals surface area contributed by atoms with Crippen LogP contribution in [0.3, 0.4) is 0 Å². The third-order valence-electron chi connectivity index (χ3n) is 3.40. The Balaban J connectivity index is 2.79. The maximum atomic E-state index is 5.84. The standard InChI is InChI=1S/C15H28N2OS/c1-8-18-15(5,6)11(16-7)9-13-17-12(10-19-13)14(2,3)4/h10-11,16H,8-9H2,1-7H3. The molecule has 110 valence electrons. The molecular formula is C15H28N2OS. The summed E-state index contributed by atoms with van der Waals surface area (Å²) in [6, 6.07) is 0.270. The molecule has 0 radical (unpaired) electrons. The first-order valence-electron chi connectivity index (χ1n) is 6.96. The maximum absolute atomic E-state index is 5.84. The Hall–Kier alpha value is -0.450. The maximum Gasteiger partial charge on any atom is 0.0945 e. The number of hydrogen-bond donors (Lipinski definition) is 1. The first-order valence-corrected chi connectivity index (χ1v) is 7.84. The lowest BCUT2D eigenvalue weighted by atomic mass is 9.93. The van der Waals surface area contributed by atoms with Gasteiger partial charge in [0, 0.05) is 29.9 Å². The molecule has 4 heteroatoms. The molecule has 1 rings (SSSR count). The zero-order chi connectivity index (χ0) is 14.7. The van der Waals surface area contributed by atoms with E-state index >= 15 is 0 Å². The molecule has 0 spiro atoms. The summed E-state index contributed by atoms with van der Waals surface area (Å²) in [7, 11) is 1.99.